The Morgan fingerprint density at radius 3 is 2.40 bits per heavy atom. The number of aliphatic hydroxyl groups excluding tert-OH is 2. The quantitative estimate of drug-likeness (QED) is 0.197. The smallest absolute Gasteiger partial charge is 0.255 e. The van der Waals surface area contributed by atoms with Gasteiger partial charge in [-0.15, -0.1) is 0 Å². The van der Waals surface area contributed by atoms with Gasteiger partial charge in [0.1, 0.15) is 34.4 Å². The predicted molar refractivity (Wildman–Crippen MR) is 173 cm³/mol. The molecule has 4 atom stereocenters. The van der Waals surface area contributed by atoms with Crippen molar-refractivity contribution in [2.24, 2.45) is 17.6 Å². The van der Waals surface area contributed by atoms with E-state index in [9.17, 15) is 39.2 Å². The SMILES string of the molecule is COc1ccc(CNCc2cccc(F)c2)cc1-c1ccc(O)c2c1C[C@H]1C[C@H]3[C@H](N(C)C)C(=O)C(C(N)=O)=C(O)[C@@]3(O)C(=O)C1=C2O. The normalized spacial score (nSPS) is 23.6. The number of amides is 1. The minimum atomic E-state index is -2.71. The average molecular weight is 658 g/mol. The van der Waals surface area contributed by atoms with Gasteiger partial charge in [0.05, 0.1) is 18.7 Å². The fourth-order valence-corrected chi connectivity index (χ4v) is 7.57. The number of primary amides is 1. The summed E-state index contributed by atoms with van der Waals surface area (Å²) in [6.45, 7) is 0.866. The molecule has 0 unspecified atom stereocenters. The van der Waals surface area contributed by atoms with Crippen LogP contribution in [0.25, 0.3) is 16.9 Å². The van der Waals surface area contributed by atoms with Crippen LogP contribution in [-0.2, 0) is 33.9 Å². The van der Waals surface area contributed by atoms with Crippen molar-refractivity contribution in [1.29, 1.82) is 0 Å². The highest BCUT2D eigenvalue weighted by atomic mass is 19.1. The zero-order valence-electron chi connectivity index (χ0n) is 26.6. The number of fused-ring (bicyclic) bond motifs is 3. The molecule has 0 heterocycles. The summed E-state index contributed by atoms with van der Waals surface area (Å²) in [6.07, 6.45) is 0.103. The number of nitrogens with two attached hydrogens (primary N) is 1. The molecule has 11 nitrogen and oxygen atoms in total. The summed E-state index contributed by atoms with van der Waals surface area (Å²) in [5, 5.41) is 48.9. The van der Waals surface area contributed by atoms with Crippen molar-refractivity contribution in [2.75, 3.05) is 21.2 Å². The van der Waals surface area contributed by atoms with Crippen LogP contribution in [0.1, 0.15) is 28.7 Å². The third-order valence-electron chi connectivity index (χ3n) is 9.71. The van der Waals surface area contributed by atoms with Gasteiger partial charge in [-0.3, -0.25) is 19.3 Å². The van der Waals surface area contributed by atoms with Gasteiger partial charge in [0, 0.05) is 30.1 Å². The summed E-state index contributed by atoms with van der Waals surface area (Å²) in [5.74, 6) is -6.91. The van der Waals surface area contributed by atoms with Gasteiger partial charge in [-0.05, 0) is 85.4 Å². The number of ketones is 2. The fraction of sp³-hybridized carbons (Fsp3) is 0.306. The lowest BCUT2D eigenvalue weighted by atomic mass is 9.57. The van der Waals surface area contributed by atoms with Crippen LogP contribution in [-0.4, -0.2) is 75.6 Å². The Kier molecular flexibility index (Phi) is 8.36. The van der Waals surface area contributed by atoms with E-state index in [0.717, 1.165) is 11.1 Å². The molecule has 7 N–H and O–H groups in total. The van der Waals surface area contributed by atoms with Crippen LogP contribution in [0.15, 0.2) is 71.5 Å². The lowest BCUT2D eigenvalue weighted by molar-refractivity contribution is -0.153. The van der Waals surface area contributed by atoms with E-state index in [1.165, 1.54) is 30.2 Å². The number of nitrogens with one attached hydrogen (secondary N) is 1. The van der Waals surface area contributed by atoms with E-state index >= 15 is 0 Å². The number of rotatable bonds is 8. The maximum atomic E-state index is 14.1. The van der Waals surface area contributed by atoms with Crippen LogP contribution in [0, 0.1) is 17.7 Å². The molecule has 3 aromatic rings. The van der Waals surface area contributed by atoms with Crippen molar-refractivity contribution in [3.63, 3.8) is 0 Å². The Morgan fingerprint density at radius 2 is 1.75 bits per heavy atom. The Labute approximate surface area is 275 Å². The maximum absolute atomic E-state index is 14.1. The highest BCUT2D eigenvalue weighted by Crippen LogP contribution is 2.54. The molecule has 250 valence electrons. The van der Waals surface area contributed by atoms with Gasteiger partial charge in [-0.2, -0.15) is 0 Å². The number of halogens is 1. The highest BCUT2D eigenvalue weighted by Gasteiger charge is 2.64. The number of phenols is 1. The van der Waals surface area contributed by atoms with Crippen LogP contribution in [0.3, 0.4) is 0 Å². The molecule has 3 aliphatic carbocycles. The van der Waals surface area contributed by atoms with Crippen molar-refractivity contribution in [2.45, 2.75) is 37.6 Å². The Hall–Kier alpha value is -5.04. The minimum Gasteiger partial charge on any atom is -0.508 e. The molecule has 48 heavy (non-hydrogen) atoms. The minimum absolute atomic E-state index is 0.0134. The Morgan fingerprint density at radius 1 is 1.04 bits per heavy atom. The molecule has 3 aromatic carbocycles. The molecule has 0 aromatic heterocycles. The van der Waals surface area contributed by atoms with Gasteiger partial charge >= 0.3 is 0 Å². The first-order chi connectivity index (χ1) is 22.8. The number of ether oxygens (including phenoxy) is 1. The fourth-order valence-electron chi connectivity index (χ4n) is 7.57. The van der Waals surface area contributed by atoms with Gasteiger partial charge in [-0.1, -0.05) is 24.3 Å². The number of methoxy groups -OCH3 is 1. The summed E-state index contributed by atoms with van der Waals surface area (Å²) < 4.78 is 19.3. The van der Waals surface area contributed by atoms with Crippen LogP contribution < -0.4 is 15.8 Å². The van der Waals surface area contributed by atoms with Crippen molar-refractivity contribution in [3.05, 3.63) is 99.6 Å². The molecule has 6 rings (SSSR count). The maximum Gasteiger partial charge on any atom is 0.255 e. The second kappa shape index (κ2) is 12.2. The van der Waals surface area contributed by atoms with Crippen LogP contribution in [0.4, 0.5) is 4.39 Å². The van der Waals surface area contributed by atoms with Gasteiger partial charge in [-0.25, -0.2) is 4.39 Å². The zero-order chi connectivity index (χ0) is 34.7. The largest absolute Gasteiger partial charge is 0.508 e. The molecule has 0 spiro atoms. The third-order valence-corrected chi connectivity index (χ3v) is 9.71. The van der Waals surface area contributed by atoms with Gasteiger partial charge in [0.2, 0.25) is 5.78 Å². The average Bonchev–Trinajstić information content (AvgIpc) is 3.02. The number of benzene rings is 3. The topological polar surface area (TPSA) is 183 Å². The second-order valence-electron chi connectivity index (χ2n) is 12.7. The summed E-state index contributed by atoms with van der Waals surface area (Å²) in [7, 11) is 4.62. The zero-order valence-corrected chi connectivity index (χ0v) is 26.6. The number of carbonyl (C=O) groups excluding carboxylic acids is 3. The molecule has 0 saturated heterocycles. The first kappa shape index (κ1) is 32.9. The van der Waals surface area contributed by atoms with Crippen LogP contribution >= 0.6 is 0 Å². The number of Topliss-reactive ketones (excluding diaryl/α,β-unsaturated/α-hetero) is 2. The Bertz CT molecular complexity index is 1940. The van der Waals surface area contributed by atoms with Crippen molar-refractivity contribution in [1.82, 2.24) is 10.2 Å². The molecular formula is C36H36FN3O8. The van der Waals surface area contributed by atoms with Gasteiger partial charge in [0.25, 0.3) is 5.91 Å². The Balaban J connectivity index is 1.43. The first-order valence-corrected chi connectivity index (χ1v) is 15.4. The van der Waals surface area contributed by atoms with E-state index in [4.69, 9.17) is 10.5 Å². The summed E-state index contributed by atoms with van der Waals surface area (Å²) in [6, 6.07) is 13.8. The lowest BCUT2D eigenvalue weighted by Gasteiger charge is -2.50. The number of aliphatic hydroxyl groups is 3. The molecule has 3 aliphatic rings. The number of phenolic OH excluding ortho intramolecular Hbond substituents is 1. The number of aromatic hydroxyl groups is 1. The summed E-state index contributed by atoms with van der Waals surface area (Å²) in [5.41, 5.74) is 5.04. The number of carbonyl (C=O) groups is 3. The monoisotopic (exact) mass is 657 g/mol. The summed E-state index contributed by atoms with van der Waals surface area (Å²) in [4.78, 5) is 41.2. The van der Waals surface area contributed by atoms with Gasteiger partial charge in [0.15, 0.2) is 11.4 Å². The molecule has 12 heteroatoms. The predicted octanol–water partition coefficient (Wildman–Crippen LogP) is 3.07. The van der Waals surface area contributed by atoms with Crippen molar-refractivity contribution < 1.29 is 43.9 Å². The van der Waals surface area contributed by atoms with Gasteiger partial charge < -0.3 is 36.2 Å². The third kappa shape index (κ3) is 5.13. The molecule has 0 bridgehead atoms. The van der Waals surface area contributed by atoms with Crippen LogP contribution in [0.5, 0.6) is 11.5 Å². The van der Waals surface area contributed by atoms with E-state index in [1.54, 1.807) is 32.3 Å². The van der Waals surface area contributed by atoms with E-state index in [2.05, 4.69) is 5.32 Å². The summed E-state index contributed by atoms with van der Waals surface area (Å²) >= 11 is 0. The van der Waals surface area contributed by atoms with E-state index in [-0.39, 0.29) is 35.5 Å². The molecule has 1 saturated carbocycles. The van der Waals surface area contributed by atoms with Crippen molar-refractivity contribution in [3.8, 4) is 22.6 Å². The van der Waals surface area contributed by atoms with Crippen LogP contribution in [0.2, 0.25) is 0 Å². The number of likely N-dealkylation sites (N-methyl/N-ethyl adjacent to an activating group) is 1. The molecule has 0 aliphatic heterocycles. The lowest BCUT2D eigenvalue weighted by Crippen LogP contribution is -2.65. The number of hydrogen-bond donors (Lipinski definition) is 6. The molecular weight excluding hydrogens is 621 g/mol. The van der Waals surface area contributed by atoms with E-state index < -0.39 is 58.0 Å². The molecule has 1 amide bonds. The van der Waals surface area contributed by atoms with Crippen molar-refractivity contribution >= 4 is 23.2 Å². The number of nitrogens with zero attached hydrogens (tertiary/aromatic N) is 1. The second-order valence-corrected chi connectivity index (χ2v) is 12.7. The molecule has 0 radical (unpaired) electrons. The molecule has 1 fully saturated rings. The van der Waals surface area contributed by atoms with E-state index in [0.29, 0.717) is 35.5 Å². The highest BCUT2D eigenvalue weighted by molar-refractivity contribution is 6.24. The number of hydrogen-bond acceptors (Lipinski definition) is 10. The van der Waals surface area contributed by atoms with E-state index in [1.807, 2.05) is 18.2 Å². The standard InChI is InChI=1S/C36H36FN3O8/c1-40(2)30-24-14-19-13-23-21(22-12-18(7-10-26(22)48-3)16-39-15-17-5-4-6-20(37)11-17)8-9-25(41)28(23)31(42)27(19)33(44)36(24,47)34(45)29(32(30)43)35(38)46/h4-12,19,24,30,39,41-42,45,47H,13-16H2,1-3H3,(H2,38,46)/t19-,24-,30-,36-/m0/s1. The first-order valence-electron chi connectivity index (χ1n) is 15.4.